The number of nitrogens with two attached hydrogens (primary N) is 1. The van der Waals surface area contributed by atoms with Crippen LogP contribution in [0.15, 0.2) is 24.3 Å². The quantitative estimate of drug-likeness (QED) is 0.842. The number of hydrogen-bond donors (Lipinski definition) is 1. The van der Waals surface area contributed by atoms with Gasteiger partial charge in [0.1, 0.15) is 0 Å². The number of carbonyl (C=O) groups excluding carboxylic acids is 1. The molecule has 2 rings (SSSR count). The molecule has 1 atom stereocenters. The third-order valence-electron chi connectivity index (χ3n) is 2.94. The van der Waals surface area contributed by atoms with Crippen LogP contribution in [0, 0.1) is 0 Å². The van der Waals surface area contributed by atoms with Crippen molar-refractivity contribution in [3.05, 3.63) is 30.0 Å². The molecule has 1 heterocycles. The van der Waals surface area contributed by atoms with Crippen LogP contribution in [0.3, 0.4) is 0 Å². The molecular weight excluding hydrogens is 230 g/mol. The smallest absolute Gasteiger partial charge is 0.157 e. The summed E-state index contributed by atoms with van der Waals surface area (Å²) in [4.78, 5) is 11.9. The number of methoxy groups -OCH3 is 1. The van der Waals surface area contributed by atoms with Crippen LogP contribution < -0.4 is 5.73 Å². The van der Waals surface area contributed by atoms with Crippen LogP contribution >= 0.6 is 0 Å². The van der Waals surface area contributed by atoms with Crippen molar-refractivity contribution < 1.29 is 9.53 Å². The Bertz CT molecular complexity index is 562. The second kappa shape index (κ2) is 5.29. The monoisotopic (exact) mass is 247 g/mol. The molecule has 0 aliphatic rings. The number of fused-ring (bicyclic) bond motifs is 1. The molecule has 5 heteroatoms. The highest BCUT2D eigenvalue weighted by atomic mass is 16.5. The lowest BCUT2D eigenvalue weighted by molar-refractivity contribution is -0.120. The fourth-order valence-corrected chi connectivity index (χ4v) is 1.99. The van der Waals surface area contributed by atoms with Gasteiger partial charge in [-0.1, -0.05) is 18.2 Å². The number of Topliss-reactive ketones (excluding diaryl/α,β-unsaturated/α-hetero) is 1. The van der Waals surface area contributed by atoms with E-state index in [1.165, 1.54) is 7.11 Å². The summed E-state index contributed by atoms with van der Waals surface area (Å²) in [6, 6.07) is 7.24. The fraction of sp³-hybridized carbons (Fsp3) is 0.385. The van der Waals surface area contributed by atoms with Crippen molar-refractivity contribution in [2.75, 3.05) is 13.7 Å². The molecule has 0 fully saturated rings. The van der Waals surface area contributed by atoms with Gasteiger partial charge in [0, 0.05) is 19.5 Å². The van der Waals surface area contributed by atoms with E-state index < -0.39 is 6.04 Å². The van der Waals surface area contributed by atoms with E-state index in [1.54, 1.807) is 4.68 Å². The van der Waals surface area contributed by atoms with Gasteiger partial charge in [-0.25, -0.2) is 0 Å². The fourth-order valence-electron chi connectivity index (χ4n) is 1.99. The molecule has 96 valence electrons. The second-order valence-corrected chi connectivity index (χ2v) is 4.29. The average Bonchev–Trinajstić information content (AvgIpc) is 2.67. The number of nitrogens with zero attached hydrogens (tertiary/aromatic N) is 2. The number of ether oxygens (including phenoxy) is 1. The number of ketones is 1. The van der Waals surface area contributed by atoms with Crippen molar-refractivity contribution in [1.82, 2.24) is 9.78 Å². The Morgan fingerprint density at radius 1 is 1.50 bits per heavy atom. The SMILES string of the molecule is COCC(N)C(=O)Cc1nn(C)c2ccccc12. The Kier molecular flexibility index (Phi) is 3.74. The molecule has 0 bridgehead atoms. The summed E-state index contributed by atoms with van der Waals surface area (Å²) in [5, 5.41) is 5.37. The predicted molar refractivity (Wildman–Crippen MR) is 69.3 cm³/mol. The normalized spacial score (nSPS) is 12.8. The van der Waals surface area contributed by atoms with Crippen LogP contribution in [-0.4, -0.2) is 35.3 Å². The Labute approximate surface area is 106 Å². The molecular formula is C13H17N3O2. The summed E-state index contributed by atoms with van der Waals surface area (Å²) >= 11 is 0. The standard InChI is InChI=1S/C13H17N3O2/c1-16-12-6-4-3-5-9(12)11(15-16)7-13(17)10(14)8-18-2/h3-6,10H,7-8,14H2,1-2H3. The first-order valence-corrected chi connectivity index (χ1v) is 5.81. The number of rotatable bonds is 5. The Morgan fingerprint density at radius 3 is 2.94 bits per heavy atom. The van der Waals surface area contributed by atoms with Crippen molar-refractivity contribution in [1.29, 1.82) is 0 Å². The van der Waals surface area contributed by atoms with Gasteiger partial charge in [-0.3, -0.25) is 9.48 Å². The molecule has 0 aliphatic heterocycles. The van der Waals surface area contributed by atoms with Crippen LogP contribution in [0.4, 0.5) is 0 Å². The lowest BCUT2D eigenvalue weighted by Crippen LogP contribution is -2.36. The van der Waals surface area contributed by atoms with Crippen molar-refractivity contribution in [2.24, 2.45) is 12.8 Å². The molecule has 1 aromatic carbocycles. The predicted octanol–water partition coefficient (Wildman–Crippen LogP) is 0.659. The van der Waals surface area contributed by atoms with Crippen LogP contribution in [0.5, 0.6) is 0 Å². The molecule has 2 aromatic rings. The van der Waals surface area contributed by atoms with Gasteiger partial charge in [-0.2, -0.15) is 5.10 Å². The Hall–Kier alpha value is -1.72. The molecule has 0 amide bonds. The molecule has 2 N–H and O–H groups in total. The maximum absolute atomic E-state index is 11.9. The number of carbonyl (C=O) groups is 1. The van der Waals surface area contributed by atoms with Gasteiger partial charge >= 0.3 is 0 Å². The summed E-state index contributed by atoms with van der Waals surface area (Å²) in [6.45, 7) is 0.240. The van der Waals surface area contributed by atoms with Gasteiger partial charge in [0.05, 0.1) is 30.3 Å². The molecule has 18 heavy (non-hydrogen) atoms. The van der Waals surface area contributed by atoms with Crippen molar-refractivity contribution >= 4 is 16.7 Å². The van der Waals surface area contributed by atoms with E-state index in [0.717, 1.165) is 16.6 Å². The molecule has 0 aliphatic carbocycles. The van der Waals surface area contributed by atoms with E-state index in [0.29, 0.717) is 0 Å². The topological polar surface area (TPSA) is 70.1 Å². The van der Waals surface area contributed by atoms with Crippen molar-refractivity contribution in [3.8, 4) is 0 Å². The Morgan fingerprint density at radius 2 is 2.22 bits per heavy atom. The first-order chi connectivity index (χ1) is 8.63. The summed E-state index contributed by atoms with van der Waals surface area (Å²) < 4.78 is 6.66. The van der Waals surface area contributed by atoms with E-state index in [4.69, 9.17) is 10.5 Å². The minimum atomic E-state index is -0.587. The lowest BCUT2D eigenvalue weighted by Gasteiger charge is -2.07. The number of benzene rings is 1. The van der Waals surface area contributed by atoms with Crippen LogP contribution in [0.2, 0.25) is 0 Å². The third-order valence-corrected chi connectivity index (χ3v) is 2.94. The number of hydrogen-bond acceptors (Lipinski definition) is 4. The van der Waals surface area contributed by atoms with Crippen LogP contribution in [-0.2, 0) is 23.0 Å². The highest BCUT2D eigenvalue weighted by Gasteiger charge is 2.17. The van der Waals surface area contributed by atoms with E-state index in [1.807, 2.05) is 31.3 Å². The zero-order valence-electron chi connectivity index (χ0n) is 10.6. The number of para-hydroxylation sites is 1. The van der Waals surface area contributed by atoms with E-state index >= 15 is 0 Å². The molecule has 0 saturated heterocycles. The van der Waals surface area contributed by atoms with E-state index in [-0.39, 0.29) is 18.8 Å². The maximum Gasteiger partial charge on any atom is 0.157 e. The second-order valence-electron chi connectivity index (χ2n) is 4.29. The van der Waals surface area contributed by atoms with Crippen LogP contribution in [0.1, 0.15) is 5.69 Å². The summed E-state index contributed by atoms with van der Waals surface area (Å²) in [7, 11) is 3.40. The molecule has 1 unspecified atom stereocenters. The van der Waals surface area contributed by atoms with E-state index in [9.17, 15) is 4.79 Å². The molecule has 5 nitrogen and oxygen atoms in total. The minimum absolute atomic E-state index is 0.0549. The first kappa shape index (κ1) is 12.7. The lowest BCUT2D eigenvalue weighted by atomic mass is 10.1. The van der Waals surface area contributed by atoms with Crippen molar-refractivity contribution in [2.45, 2.75) is 12.5 Å². The molecule has 0 radical (unpaired) electrons. The van der Waals surface area contributed by atoms with Gasteiger partial charge in [0.15, 0.2) is 5.78 Å². The van der Waals surface area contributed by atoms with Gasteiger partial charge < -0.3 is 10.5 Å². The van der Waals surface area contributed by atoms with Gasteiger partial charge in [0.2, 0.25) is 0 Å². The van der Waals surface area contributed by atoms with Crippen LogP contribution in [0.25, 0.3) is 10.9 Å². The zero-order chi connectivity index (χ0) is 13.1. The molecule has 1 aromatic heterocycles. The van der Waals surface area contributed by atoms with Gasteiger partial charge in [0.25, 0.3) is 0 Å². The minimum Gasteiger partial charge on any atom is -0.383 e. The number of aromatic nitrogens is 2. The summed E-state index contributed by atoms with van der Waals surface area (Å²) in [6.07, 6.45) is 0.242. The molecule has 0 saturated carbocycles. The van der Waals surface area contributed by atoms with Gasteiger partial charge in [-0.15, -0.1) is 0 Å². The molecule has 0 spiro atoms. The highest BCUT2D eigenvalue weighted by molar-refractivity contribution is 5.91. The average molecular weight is 247 g/mol. The number of aryl methyl sites for hydroxylation is 1. The third kappa shape index (κ3) is 2.42. The van der Waals surface area contributed by atoms with E-state index in [2.05, 4.69) is 5.10 Å². The summed E-state index contributed by atoms with van der Waals surface area (Å²) in [5.74, 6) is -0.0549. The zero-order valence-corrected chi connectivity index (χ0v) is 10.6. The highest BCUT2D eigenvalue weighted by Crippen LogP contribution is 2.18. The van der Waals surface area contributed by atoms with Gasteiger partial charge in [-0.05, 0) is 6.07 Å². The summed E-state index contributed by atoms with van der Waals surface area (Å²) in [5.41, 5.74) is 7.50. The largest absolute Gasteiger partial charge is 0.383 e. The maximum atomic E-state index is 11.9. The first-order valence-electron chi connectivity index (χ1n) is 5.81. The Balaban J connectivity index is 2.24. The van der Waals surface area contributed by atoms with Crippen molar-refractivity contribution in [3.63, 3.8) is 0 Å².